The van der Waals surface area contributed by atoms with Crippen molar-refractivity contribution in [2.75, 3.05) is 13.1 Å². The molecule has 1 aliphatic heterocycles. The highest BCUT2D eigenvalue weighted by molar-refractivity contribution is 5.92. The smallest absolute Gasteiger partial charge is 0.248 e. The SMILES string of the molecule is NC(=O)c1ccc(CN2CC[C@@H](N)C2)c(F)c1. The number of hydrogen-bond donors (Lipinski definition) is 2. The highest BCUT2D eigenvalue weighted by atomic mass is 19.1. The summed E-state index contributed by atoms with van der Waals surface area (Å²) in [6.07, 6.45) is 0.945. The van der Waals surface area contributed by atoms with Crippen LogP contribution in [0.4, 0.5) is 4.39 Å². The first-order valence-corrected chi connectivity index (χ1v) is 5.62. The van der Waals surface area contributed by atoms with E-state index in [0.29, 0.717) is 12.1 Å². The van der Waals surface area contributed by atoms with Crippen molar-refractivity contribution in [2.24, 2.45) is 11.5 Å². The van der Waals surface area contributed by atoms with Gasteiger partial charge in [0.05, 0.1) is 0 Å². The van der Waals surface area contributed by atoms with Gasteiger partial charge in [0.1, 0.15) is 5.82 Å². The maximum Gasteiger partial charge on any atom is 0.248 e. The normalized spacial score (nSPS) is 20.7. The Hall–Kier alpha value is -1.46. The lowest BCUT2D eigenvalue weighted by atomic mass is 10.1. The zero-order valence-electron chi connectivity index (χ0n) is 9.53. The van der Waals surface area contributed by atoms with E-state index in [2.05, 4.69) is 4.90 Å². The fraction of sp³-hybridized carbons (Fsp3) is 0.417. The van der Waals surface area contributed by atoms with Crippen LogP contribution in [0.25, 0.3) is 0 Å². The molecule has 1 fully saturated rings. The number of likely N-dealkylation sites (tertiary alicyclic amines) is 1. The van der Waals surface area contributed by atoms with Gasteiger partial charge in [0.25, 0.3) is 0 Å². The van der Waals surface area contributed by atoms with Crippen molar-refractivity contribution in [3.05, 3.63) is 35.1 Å². The Morgan fingerprint density at radius 2 is 2.29 bits per heavy atom. The van der Waals surface area contributed by atoms with Crippen LogP contribution in [0.3, 0.4) is 0 Å². The molecule has 4 nitrogen and oxygen atoms in total. The summed E-state index contributed by atoms with van der Waals surface area (Å²) >= 11 is 0. The fourth-order valence-electron chi connectivity index (χ4n) is 2.08. The van der Waals surface area contributed by atoms with Crippen molar-refractivity contribution < 1.29 is 9.18 Å². The minimum absolute atomic E-state index is 0.183. The summed E-state index contributed by atoms with van der Waals surface area (Å²) in [5.41, 5.74) is 11.6. The zero-order valence-corrected chi connectivity index (χ0v) is 9.53. The van der Waals surface area contributed by atoms with E-state index >= 15 is 0 Å². The molecule has 1 aromatic carbocycles. The molecule has 4 N–H and O–H groups in total. The average molecular weight is 237 g/mol. The molecule has 17 heavy (non-hydrogen) atoms. The number of rotatable bonds is 3. The van der Waals surface area contributed by atoms with Crippen LogP contribution in [0.15, 0.2) is 18.2 Å². The summed E-state index contributed by atoms with van der Waals surface area (Å²) in [5.74, 6) is -1.000. The molecule has 1 aromatic rings. The number of primary amides is 1. The molecule has 0 aliphatic carbocycles. The minimum atomic E-state index is -0.612. The molecule has 0 saturated carbocycles. The molecule has 92 valence electrons. The van der Waals surface area contributed by atoms with Crippen LogP contribution in [0.5, 0.6) is 0 Å². The van der Waals surface area contributed by atoms with Crippen LogP contribution in [0.1, 0.15) is 22.3 Å². The van der Waals surface area contributed by atoms with Crippen LogP contribution in [-0.2, 0) is 6.54 Å². The minimum Gasteiger partial charge on any atom is -0.366 e. The summed E-state index contributed by atoms with van der Waals surface area (Å²) in [7, 11) is 0. The van der Waals surface area contributed by atoms with Gasteiger partial charge in [-0.3, -0.25) is 9.69 Å². The highest BCUT2D eigenvalue weighted by Gasteiger charge is 2.20. The standard InChI is InChI=1S/C12H16FN3O/c13-11-5-8(12(15)17)1-2-9(11)6-16-4-3-10(14)7-16/h1-2,5,10H,3-4,6-7,14H2,(H2,15,17)/t10-/m1/s1. The lowest BCUT2D eigenvalue weighted by molar-refractivity contribution is 0.1000. The number of amides is 1. The molecule has 0 spiro atoms. The van der Waals surface area contributed by atoms with E-state index < -0.39 is 5.91 Å². The predicted octanol–water partition coefficient (Wildman–Crippen LogP) is 0.458. The molecule has 2 rings (SSSR count). The van der Waals surface area contributed by atoms with Crippen LogP contribution >= 0.6 is 0 Å². The third kappa shape index (κ3) is 2.81. The molecule has 5 heteroatoms. The molecule has 1 saturated heterocycles. The van der Waals surface area contributed by atoms with Crippen LogP contribution in [-0.4, -0.2) is 29.9 Å². The second kappa shape index (κ2) is 4.81. The third-order valence-corrected chi connectivity index (χ3v) is 3.04. The Kier molecular flexibility index (Phi) is 3.40. The molecule has 0 bridgehead atoms. The first-order chi connectivity index (χ1) is 8.06. The fourth-order valence-corrected chi connectivity index (χ4v) is 2.08. The van der Waals surface area contributed by atoms with E-state index in [4.69, 9.17) is 11.5 Å². The van der Waals surface area contributed by atoms with Gasteiger partial charge in [-0.15, -0.1) is 0 Å². The van der Waals surface area contributed by atoms with Crippen molar-refractivity contribution in [1.82, 2.24) is 4.90 Å². The summed E-state index contributed by atoms with van der Waals surface area (Å²) in [6, 6.07) is 4.53. The molecule has 1 heterocycles. The van der Waals surface area contributed by atoms with Crippen molar-refractivity contribution in [2.45, 2.75) is 19.0 Å². The van der Waals surface area contributed by atoms with Crippen molar-refractivity contribution in [3.63, 3.8) is 0 Å². The van der Waals surface area contributed by atoms with Gasteiger partial charge in [-0.05, 0) is 18.6 Å². The summed E-state index contributed by atoms with van der Waals surface area (Å²) < 4.78 is 13.7. The van der Waals surface area contributed by atoms with E-state index in [9.17, 15) is 9.18 Å². The average Bonchev–Trinajstić information content (AvgIpc) is 2.67. The van der Waals surface area contributed by atoms with Crippen LogP contribution in [0, 0.1) is 5.82 Å². The van der Waals surface area contributed by atoms with E-state index in [-0.39, 0.29) is 17.4 Å². The second-order valence-corrected chi connectivity index (χ2v) is 4.45. The first-order valence-electron chi connectivity index (χ1n) is 5.62. The lowest BCUT2D eigenvalue weighted by Gasteiger charge is -2.15. The van der Waals surface area contributed by atoms with Gasteiger partial charge in [-0.2, -0.15) is 0 Å². The Morgan fingerprint density at radius 3 is 2.82 bits per heavy atom. The lowest BCUT2D eigenvalue weighted by Crippen LogP contribution is -2.26. The molecular formula is C12H16FN3O. The number of carbonyl (C=O) groups is 1. The van der Waals surface area contributed by atoms with E-state index in [0.717, 1.165) is 19.5 Å². The highest BCUT2D eigenvalue weighted by Crippen LogP contribution is 2.16. The van der Waals surface area contributed by atoms with Gasteiger partial charge in [0.15, 0.2) is 0 Å². The van der Waals surface area contributed by atoms with E-state index in [1.165, 1.54) is 6.07 Å². The predicted molar refractivity (Wildman–Crippen MR) is 62.8 cm³/mol. The maximum atomic E-state index is 13.7. The third-order valence-electron chi connectivity index (χ3n) is 3.04. The maximum absolute atomic E-state index is 13.7. The molecule has 1 atom stereocenters. The zero-order chi connectivity index (χ0) is 12.4. The Bertz CT molecular complexity index is 436. The topological polar surface area (TPSA) is 72.4 Å². The molecule has 0 aromatic heterocycles. The van der Waals surface area contributed by atoms with Crippen molar-refractivity contribution >= 4 is 5.91 Å². The number of nitrogens with zero attached hydrogens (tertiary/aromatic N) is 1. The van der Waals surface area contributed by atoms with Gasteiger partial charge in [0, 0.05) is 36.8 Å². The number of nitrogens with two attached hydrogens (primary N) is 2. The largest absolute Gasteiger partial charge is 0.366 e. The van der Waals surface area contributed by atoms with Crippen LogP contribution in [0.2, 0.25) is 0 Å². The van der Waals surface area contributed by atoms with Crippen molar-refractivity contribution in [1.29, 1.82) is 0 Å². The van der Waals surface area contributed by atoms with E-state index in [1.807, 2.05) is 0 Å². The van der Waals surface area contributed by atoms with Gasteiger partial charge >= 0.3 is 0 Å². The Balaban J connectivity index is 2.09. The monoisotopic (exact) mass is 237 g/mol. The molecule has 1 aliphatic rings. The molecular weight excluding hydrogens is 221 g/mol. The number of benzene rings is 1. The summed E-state index contributed by atoms with van der Waals surface area (Å²) in [5, 5.41) is 0. The van der Waals surface area contributed by atoms with Gasteiger partial charge in [0.2, 0.25) is 5.91 Å². The Morgan fingerprint density at radius 1 is 1.53 bits per heavy atom. The van der Waals surface area contributed by atoms with Crippen molar-refractivity contribution in [3.8, 4) is 0 Å². The quantitative estimate of drug-likeness (QED) is 0.802. The summed E-state index contributed by atoms with van der Waals surface area (Å²) in [4.78, 5) is 13.0. The molecule has 1 amide bonds. The van der Waals surface area contributed by atoms with Gasteiger partial charge < -0.3 is 11.5 Å². The number of carbonyl (C=O) groups excluding carboxylic acids is 1. The van der Waals surface area contributed by atoms with E-state index in [1.54, 1.807) is 12.1 Å². The van der Waals surface area contributed by atoms with Gasteiger partial charge in [-0.25, -0.2) is 4.39 Å². The number of hydrogen-bond acceptors (Lipinski definition) is 3. The number of halogens is 1. The second-order valence-electron chi connectivity index (χ2n) is 4.45. The summed E-state index contributed by atoms with van der Waals surface area (Å²) in [6.45, 7) is 2.20. The molecule has 0 radical (unpaired) electrons. The van der Waals surface area contributed by atoms with Gasteiger partial charge in [-0.1, -0.05) is 6.07 Å². The van der Waals surface area contributed by atoms with Crippen LogP contribution < -0.4 is 11.5 Å². The molecule has 0 unspecified atom stereocenters. The first kappa shape index (κ1) is 12.0. The Labute approximate surface area is 99.4 Å².